The second-order valence-corrected chi connectivity index (χ2v) is 9.84. The molecule has 0 radical (unpaired) electrons. The molecule has 1 amide bonds. The van der Waals surface area contributed by atoms with Crippen LogP contribution in [0.1, 0.15) is 30.1 Å². The van der Waals surface area contributed by atoms with Gasteiger partial charge in [-0.25, -0.2) is 12.7 Å². The Hall–Kier alpha value is -1.91. The van der Waals surface area contributed by atoms with Crippen LogP contribution < -0.4 is 5.32 Å². The van der Waals surface area contributed by atoms with Gasteiger partial charge in [-0.15, -0.1) is 10.2 Å². The minimum Gasteiger partial charge on any atom is -0.325 e. The topological polar surface area (TPSA) is 97.2 Å². The summed E-state index contributed by atoms with van der Waals surface area (Å²) in [6, 6.07) is 4.87. The third-order valence-electron chi connectivity index (χ3n) is 4.37. The molecule has 1 N–H and O–H groups in total. The van der Waals surface area contributed by atoms with Gasteiger partial charge in [0, 0.05) is 32.7 Å². The molecule has 0 unspecified atom stereocenters. The Bertz CT molecular complexity index is 965. The lowest BCUT2D eigenvalue weighted by molar-refractivity contribution is -0.113. The molecular weight excluding hydrogens is 386 g/mol. The molecule has 8 nitrogen and oxygen atoms in total. The smallest absolute Gasteiger partial charge is 0.242 e. The van der Waals surface area contributed by atoms with E-state index in [9.17, 15) is 13.2 Å². The number of carbonyl (C=O) groups is 1. The number of amides is 1. The fraction of sp³-hybridized carbons (Fsp3) is 0.471. The van der Waals surface area contributed by atoms with Crippen LogP contribution in [-0.2, 0) is 21.9 Å². The molecule has 146 valence electrons. The lowest BCUT2D eigenvalue weighted by Crippen LogP contribution is -2.23. The molecule has 1 heterocycles. The van der Waals surface area contributed by atoms with E-state index in [0.29, 0.717) is 22.3 Å². The van der Waals surface area contributed by atoms with Crippen LogP contribution in [0.3, 0.4) is 0 Å². The third kappa shape index (κ3) is 4.33. The molecule has 0 atom stereocenters. The van der Waals surface area contributed by atoms with Gasteiger partial charge in [0.15, 0.2) is 5.16 Å². The van der Waals surface area contributed by atoms with E-state index >= 15 is 0 Å². The molecule has 1 saturated carbocycles. The molecule has 3 rings (SSSR count). The number of nitrogens with zero attached hydrogens (tertiary/aromatic N) is 4. The highest BCUT2D eigenvalue weighted by atomic mass is 32.2. The maximum atomic E-state index is 12.4. The van der Waals surface area contributed by atoms with Crippen LogP contribution >= 0.6 is 11.8 Å². The van der Waals surface area contributed by atoms with Gasteiger partial charge in [0.1, 0.15) is 5.82 Å². The maximum absolute atomic E-state index is 12.4. The zero-order chi connectivity index (χ0) is 19.8. The normalized spacial score (nSPS) is 14.6. The van der Waals surface area contributed by atoms with E-state index in [0.717, 1.165) is 23.0 Å². The average Bonchev–Trinajstić information content (AvgIpc) is 3.38. The monoisotopic (exact) mass is 409 g/mol. The number of benzene rings is 1. The van der Waals surface area contributed by atoms with Crippen molar-refractivity contribution in [2.45, 2.75) is 35.7 Å². The predicted octanol–water partition coefficient (Wildman–Crippen LogP) is 1.98. The summed E-state index contributed by atoms with van der Waals surface area (Å²) in [4.78, 5) is 12.5. The van der Waals surface area contributed by atoms with Crippen molar-refractivity contribution in [3.63, 3.8) is 0 Å². The molecule has 0 saturated heterocycles. The van der Waals surface area contributed by atoms with Gasteiger partial charge >= 0.3 is 0 Å². The SMILES string of the molecule is Cc1ccc(NC(=O)CSc2nnc(C3CC3)n2C)cc1S(=O)(=O)N(C)C. The fourth-order valence-corrected chi connectivity index (χ4v) is 4.49. The summed E-state index contributed by atoms with van der Waals surface area (Å²) < 4.78 is 27.9. The van der Waals surface area contributed by atoms with Crippen LogP contribution in [0.15, 0.2) is 28.3 Å². The van der Waals surface area contributed by atoms with Crippen molar-refractivity contribution in [1.29, 1.82) is 0 Å². The molecule has 1 aliphatic rings. The van der Waals surface area contributed by atoms with Gasteiger partial charge in [-0.3, -0.25) is 4.79 Å². The highest BCUT2D eigenvalue weighted by Gasteiger charge is 2.29. The Kier molecular flexibility index (Phi) is 5.59. The van der Waals surface area contributed by atoms with Crippen LogP contribution in [0, 0.1) is 6.92 Å². The van der Waals surface area contributed by atoms with E-state index in [4.69, 9.17) is 0 Å². The molecular formula is C17H23N5O3S2. The first-order chi connectivity index (χ1) is 12.7. The number of thioether (sulfide) groups is 1. The number of hydrogen-bond acceptors (Lipinski definition) is 6. The number of aryl methyl sites for hydroxylation is 1. The highest BCUT2D eigenvalue weighted by molar-refractivity contribution is 7.99. The van der Waals surface area contributed by atoms with Crippen molar-refractivity contribution in [3.05, 3.63) is 29.6 Å². The first kappa shape index (κ1) is 19.8. The molecule has 1 aromatic heterocycles. The summed E-state index contributed by atoms with van der Waals surface area (Å²) in [5.41, 5.74) is 1.08. The number of hydrogen-bond donors (Lipinski definition) is 1. The van der Waals surface area contributed by atoms with Gasteiger partial charge in [-0.2, -0.15) is 0 Å². The van der Waals surface area contributed by atoms with E-state index in [2.05, 4.69) is 15.5 Å². The molecule has 1 fully saturated rings. The molecule has 0 bridgehead atoms. The second kappa shape index (κ2) is 7.61. The Morgan fingerprint density at radius 1 is 1.33 bits per heavy atom. The summed E-state index contributed by atoms with van der Waals surface area (Å²) in [6.07, 6.45) is 2.28. The van der Waals surface area contributed by atoms with Gasteiger partial charge in [0.25, 0.3) is 0 Å². The number of aromatic nitrogens is 3. The number of anilines is 1. The van der Waals surface area contributed by atoms with Crippen LogP contribution in [-0.4, -0.2) is 53.2 Å². The third-order valence-corrected chi connectivity index (χ3v) is 7.35. The molecule has 2 aromatic rings. The van der Waals surface area contributed by atoms with Crippen LogP contribution in [0.25, 0.3) is 0 Å². The van der Waals surface area contributed by atoms with Gasteiger partial charge in [-0.05, 0) is 37.5 Å². The summed E-state index contributed by atoms with van der Waals surface area (Å²) in [6.45, 7) is 1.73. The van der Waals surface area contributed by atoms with Gasteiger partial charge in [0.05, 0.1) is 10.6 Å². The number of sulfonamides is 1. The van der Waals surface area contributed by atoms with Crippen LogP contribution in [0.2, 0.25) is 0 Å². The van der Waals surface area contributed by atoms with Gasteiger partial charge in [-0.1, -0.05) is 17.8 Å². The Morgan fingerprint density at radius 3 is 2.67 bits per heavy atom. The second-order valence-electron chi connectivity index (χ2n) is 6.78. The van der Waals surface area contributed by atoms with Crippen molar-refractivity contribution in [2.75, 3.05) is 25.2 Å². The Balaban J connectivity index is 1.66. The van der Waals surface area contributed by atoms with Crippen molar-refractivity contribution in [2.24, 2.45) is 7.05 Å². The number of carbonyl (C=O) groups excluding carboxylic acids is 1. The summed E-state index contributed by atoms with van der Waals surface area (Å²) >= 11 is 1.31. The predicted molar refractivity (Wildman–Crippen MR) is 104 cm³/mol. The minimum atomic E-state index is -3.57. The molecule has 10 heteroatoms. The van der Waals surface area contributed by atoms with Crippen molar-refractivity contribution >= 4 is 33.4 Å². The summed E-state index contributed by atoms with van der Waals surface area (Å²) in [5.74, 6) is 1.40. The zero-order valence-electron chi connectivity index (χ0n) is 15.8. The van der Waals surface area contributed by atoms with Crippen molar-refractivity contribution in [3.8, 4) is 0 Å². The molecule has 0 aliphatic heterocycles. The van der Waals surface area contributed by atoms with Crippen molar-refractivity contribution in [1.82, 2.24) is 19.1 Å². The largest absolute Gasteiger partial charge is 0.325 e. The van der Waals surface area contributed by atoms with E-state index in [-0.39, 0.29) is 16.6 Å². The van der Waals surface area contributed by atoms with Crippen LogP contribution in [0.4, 0.5) is 5.69 Å². The first-order valence-electron chi connectivity index (χ1n) is 8.55. The quantitative estimate of drug-likeness (QED) is 0.703. The van der Waals surface area contributed by atoms with E-state index in [1.807, 2.05) is 11.6 Å². The van der Waals surface area contributed by atoms with Gasteiger partial charge in [0.2, 0.25) is 15.9 Å². The number of nitrogens with one attached hydrogen (secondary N) is 1. The lowest BCUT2D eigenvalue weighted by atomic mass is 10.2. The highest BCUT2D eigenvalue weighted by Crippen LogP contribution is 2.39. The molecule has 1 aromatic carbocycles. The summed E-state index contributed by atoms with van der Waals surface area (Å²) in [5, 5.41) is 11.8. The van der Waals surface area contributed by atoms with Crippen molar-refractivity contribution < 1.29 is 13.2 Å². The average molecular weight is 410 g/mol. The Labute approximate surface area is 163 Å². The maximum Gasteiger partial charge on any atom is 0.242 e. The molecule has 27 heavy (non-hydrogen) atoms. The Morgan fingerprint density at radius 2 is 2.04 bits per heavy atom. The standard InChI is InChI=1S/C17H23N5O3S2/c1-11-5-8-13(9-14(11)27(24,25)21(2)3)18-15(23)10-26-17-20-19-16(22(17)4)12-6-7-12/h5,8-9,12H,6-7,10H2,1-4H3,(H,18,23). The van der Waals surface area contributed by atoms with Gasteiger partial charge < -0.3 is 9.88 Å². The van der Waals surface area contributed by atoms with E-state index in [1.54, 1.807) is 19.1 Å². The number of rotatable bonds is 7. The lowest BCUT2D eigenvalue weighted by Gasteiger charge is -2.15. The minimum absolute atomic E-state index is 0.167. The van der Waals surface area contributed by atoms with E-state index < -0.39 is 10.0 Å². The molecule has 0 spiro atoms. The molecule has 1 aliphatic carbocycles. The van der Waals surface area contributed by atoms with Crippen LogP contribution in [0.5, 0.6) is 0 Å². The fourth-order valence-electron chi connectivity index (χ4n) is 2.63. The van der Waals surface area contributed by atoms with E-state index in [1.165, 1.54) is 31.9 Å². The first-order valence-corrected chi connectivity index (χ1v) is 11.0. The zero-order valence-corrected chi connectivity index (χ0v) is 17.4. The summed E-state index contributed by atoms with van der Waals surface area (Å²) in [7, 11) is 1.30.